The Morgan fingerprint density at radius 1 is 0.288 bits per heavy atom. The molecule has 0 amide bonds. The zero-order valence-corrected chi connectivity index (χ0v) is 35.9. The van der Waals surface area contributed by atoms with Gasteiger partial charge in [-0.1, -0.05) is 164 Å². The summed E-state index contributed by atoms with van der Waals surface area (Å²) >= 11 is 0. The lowest BCUT2D eigenvalue weighted by Crippen LogP contribution is -2.26. The van der Waals surface area contributed by atoms with Crippen LogP contribution in [0.5, 0.6) is 0 Å². The summed E-state index contributed by atoms with van der Waals surface area (Å²) < 4.78 is 6.75. The number of rotatable bonds is 6. The fourth-order valence-corrected chi connectivity index (χ4v) is 11.7. The first kappa shape index (κ1) is 36.8. The van der Waals surface area contributed by atoms with Gasteiger partial charge in [-0.25, -0.2) is 0 Å². The van der Waals surface area contributed by atoms with Gasteiger partial charge in [-0.3, -0.25) is 0 Å². The van der Waals surface area contributed by atoms with Crippen LogP contribution in [0.1, 0.15) is 22.3 Å². The average molecular weight is 841 g/mol. The molecule has 0 unspecified atom stereocenters. The molecule has 0 N–H and O–H groups in total. The van der Waals surface area contributed by atoms with Crippen LogP contribution in [0, 0.1) is 0 Å². The summed E-state index contributed by atoms with van der Waals surface area (Å²) in [6, 6.07) is 88.9. The predicted molar refractivity (Wildman–Crippen MR) is 274 cm³/mol. The SMILES string of the molecule is c1ccc(N(c2ccccc2)c2cc3c(c4ccccc24)-c2c(cc(N(c4ccccc4)c4ccccc4)c4c2ccc2oc5ccccc5c24)C32c3ccccc3-c3ccccc32)cc1. The molecule has 3 nitrogen and oxygen atoms in total. The molecule has 3 heteroatoms. The molecule has 0 fully saturated rings. The van der Waals surface area contributed by atoms with Crippen LogP contribution in [0.15, 0.2) is 247 Å². The highest BCUT2D eigenvalue weighted by Gasteiger charge is 2.53. The first-order valence-corrected chi connectivity index (χ1v) is 22.8. The summed E-state index contributed by atoms with van der Waals surface area (Å²) in [7, 11) is 0. The number of fused-ring (bicyclic) bond motifs is 18. The van der Waals surface area contributed by atoms with Gasteiger partial charge in [0.1, 0.15) is 11.2 Å². The summed E-state index contributed by atoms with van der Waals surface area (Å²) in [5.41, 5.74) is 17.9. The van der Waals surface area contributed by atoms with Crippen molar-refractivity contribution < 1.29 is 4.42 Å². The third-order valence-corrected chi connectivity index (χ3v) is 14.2. The third-order valence-electron chi connectivity index (χ3n) is 14.2. The molecule has 14 rings (SSSR count). The van der Waals surface area contributed by atoms with E-state index in [-0.39, 0.29) is 0 Å². The predicted octanol–water partition coefficient (Wildman–Crippen LogP) is 17.2. The van der Waals surface area contributed by atoms with E-state index >= 15 is 0 Å². The fourth-order valence-electron chi connectivity index (χ4n) is 11.7. The van der Waals surface area contributed by atoms with Crippen molar-refractivity contribution in [2.75, 3.05) is 9.80 Å². The zero-order valence-electron chi connectivity index (χ0n) is 35.9. The van der Waals surface area contributed by atoms with E-state index in [0.717, 1.165) is 61.4 Å². The van der Waals surface area contributed by atoms with Crippen molar-refractivity contribution in [3.63, 3.8) is 0 Å². The van der Waals surface area contributed by atoms with Gasteiger partial charge in [0.15, 0.2) is 0 Å². The molecule has 1 spiro atoms. The van der Waals surface area contributed by atoms with Gasteiger partial charge in [-0.05, 0) is 134 Å². The average Bonchev–Trinajstić information content (AvgIpc) is 4.02. The molecule has 0 radical (unpaired) electrons. The van der Waals surface area contributed by atoms with Crippen LogP contribution in [0.3, 0.4) is 0 Å². The third kappa shape index (κ3) is 5.02. The Hall–Kier alpha value is -8.66. The standard InChI is InChI=1S/C63H40N2O/c1-5-21-41(22-6-1)64(42-23-7-2-8-24-42)55-39-53-59(48-32-14-13-31-47(48)55)60-50-37-38-58-62(49-33-17-20-36-57(49)66-58)61(50)56(65(43-25-9-3-10-26-43)44-27-11-4-12-28-44)40-54(60)63(53)51-34-18-15-29-45(51)46-30-16-19-35-52(46)63/h1-40H. The molecule has 2 aliphatic rings. The Morgan fingerprint density at radius 3 is 1.27 bits per heavy atom. The van der Waals surface area contributed by atoms with Crippen LogP contribution in [-0.4, -0.2) is 0 Å². The Kier molecular flexibility index (Phi) is 7.90. The molecular formula is C63H40N2O. The Balaban J connectivity index is 1.22. The fraction of sp³-hybridized carbons (Fsp3) is 0.0159. The van der Waals surface area contributed by atoms with Crippen LogP contribution in [0.2, 0.25) is 0 Å². The minimum Gasteiger partial charge on any atom is -0.456 e. The van der Waals surface area contributed by atoms with E-state index in [1.165, 1.54) is 60.7 Å². The highest BCUT2D eigenvalue weighted by atomic mass is 16.3. The summed E-state index contributed by atoms with van der Waals surface area (Å²) in [5, 5.41) is 6.98. The second kappa shape index (κ2) is 14.2. The summed E-state index contributed by atoms with van der Waals surface area (Å²) in [5.74, 6) is 0. The molecule has 0 bridgehead atoms. The molecule has 66 heavy (non-hydrogen) atoms. The van der Waals surface area contributed by atoms with Gasteiger partial charge in [0.2, 0.25) is 0 Å². The minimum absolute atomic E-state index is 0.676. The Labute approximate surface area is 382 Å². The highest BCUT2D eigenvalue weighted by Crippen LogP contribution is 2.67. The molecule has 11 aromatic carbocycles. The largest absolute Gasteiger partial charge is 0.456 e. The maximum atomic E-state index is 6.75. The maximum Gasteiger partial charge on any atom is 0.136 e. The minimum atomic E-state index is -0.676. The molecule has 2 aliphatic carbocycles. The van der Waals surface area contributed by atoms with Gasteiger partial charge in [0.05, 0.1) is 16.8 Å². The second-order valence-corrected chi connectivity index (χ2v) is 17.5. The first-order valence-electron chi connectivity index (χ1n) is 22.8. The Morgan fingerprint density at radius 2 is 0.712 bits per heavy atom. The number of furan rings is 1. The monoisotopic (exact) mass is 840 g/mol. The summed E-state index contributed by atoms with van der Waals surface area (Å²) in [6.45, 7) is 0. The van der Waals surface area contributed by atoms with Crippen molar-refractivity contribution >= 4 is 77.6 Å². The van der Waals surface area contributed by atoms with Gasteiger partial charge < -0.3 is 14.2 Å². The number of benzene rings is 11. The number of para-hydroxylation sites is 5. The first-order chi connectivity index (χ1) is 32.8. The molecule has 0 saturated heterocycles. The van der Waals surface area contributed by atoms with E-state index < -0.39 is 5.41 Å². The van der Waals surface area contributed by atoms with E-state index in [4.69, 9.17) is 4.42 Å². The lowest BCUT2D eigenvalue weighted by molar-refractivity contribution is 0.669. The van der Waals surface area contributed by atoms with Crippen molar-refractivity contribution in [1.29, 1.82) is 0 Å². The molecule has 308 valence electrons. The molecule has 12 aromatic rings. The second-order valence-electron chi connectivity index (χ2n) is 17.5. The van der Waals surface area contributed by atoms with E-state index in [9.17, 15) is 0 Å². The van der Waals surface area contributed by atoms with Crippen molar-refractivity contribution in [3.8, 4) is 22.3 Å². The normalized spacial score (nSPS) is 13.0. The molecule has 0 saturated carbocycles. The van der Waals surface area contributed by atoms with E-state index in [2.05, 4.69) is 252 Å². The van der Waals surface area contributed by atoms with Crippen molar-refractivity contribution in [2.45, 2.75) is 5.41 Å². The van der Waals surface area contributed by atoms with Crippen molar-refractivity contribution in [2.24, 2.45) is 0 Å². The van der Waals surface area contributed by atoms with E-state index in [0.29, 0.717) is 0 Å². The van der Waals surface area contributed by atoms with E-state index in [1.807, 2.05) is 0 Å². The van der Waals surface area contributed by atoms with Crippen LogP contribution in [0.4, 0.5) is 34.1 Å². The van der Waals surface area contributed by atoms with Crippen LogP contribution < -0.4 is 9.80 Å². The zero-order chi connectivity index (χ0) is 43.3. The Bertz CT molecular complexity index is 3750. The van der Waals surface area contributed by atoms with Gasteiger partial charge in [-0.15, -0.1) is 0 Å². The van der Waals surface area contributed by atoms with E-state index in [1.54, 1.807) is 0 Å². The van der Waals surface area contributed by atoms with Gasteiger partial charge in [-0.2, -0.15) is 0 Å². The quantitative estimate of drug-likeness (QED) is 0.166. The van der Waals surface area contributed by atoms with Gasteiger partial charge >= 0.3 is 0 Å². The molecular weight excluding hydrogens is 801 g/mol. The van der Waals surface area contributed by atoms with Crippen LogP contribution >= 0.6 is 0 Å². The van der Waals surface area contributed by atoms with Crippen LogP contribution in [-0.2, 0) is 5.41 Å². The topological polar surface area (TPSA) is 19.6 Å². The molecule has 1 aromatic heterocycles. The number of nitrogens with zero attached hydrogens (tertiary/aromatic N) is 2. The number of hydrogen-bond acceptors (Lipinski definition) is 3. The lowest BCUT2D eigenvalue weighted by Gasteiger charge is -2.34. The number of anilines is 6. The number of hydrogen-bond donors (Lipinski definition) is 0. The van der Waals surface area contributed by atoms with Gasteiger partial charge in [0, 0.05) is 44.3 Å². The molecule has 0 aliphatic heterocycles. The summed E-state index contributed by atoms with van der Waals surface area (Å²) in [6.07, 6.45) is 0. The maximum absolute atomic E-state index is 6.75. The molecule has 0 atom stereocenters. The smallest absolute Gasteiger partial charge is 0.136 e. The van der Waals surface area contributed by atoms with Crippen LogP contribution in [0.25, 0.3) is 65.7 Å². The highest BCUT2D eigenvalue weighted by molar-refractivity contribution is 6.28. The van der Waals surface area contributed by atoms with Gasteiger partial charge in [0.25, 0.3) is 0 Å². The van der Waals surface area contributed by atoms with Crippen molar-refractivity contribution in [3.05, 3.63) is 265 Å². The molecule has 1 heterocycles. The van der Waals surface area contributed by atoms with Crippen molar-refractivity contribution in [1.82, 2.24) is 0 Å². The lowest BCUT2D eigenvalue weighted by atomic mass is 9.70. The summed E-state index contributed by atoms with van der Waals surface area (Å²) in [4.78, 5) is 4.91.